The van der Waals surface area contributed by atoms with Gasteiger partial charge in [0, 0.05) is 28.8 Å². The number of nitrogens with one attached hydrogen (secondary N) is 1. The summed E-state index contributed by atoms with van der Waals surface area (Å²) >= 11 is 12.1. The minimum atomic E-state index is -0.435. The molecule has 0 aliphatic carbocycles. The molecule has 0 bridgehead atoms. The molecule has 1 saturated heterocycles. The molecular weight excluding hydrogens is 439 g/mol. The molecule has 0 radical (unpaired) electrons. The quantitative estimate of drug-likeness (QED) is 0.452. The van der Waals surface area contributed by atoms with Crippen LogP contribution in [0.25, 0.3) is 6.08 Å². The van der Waals surface area contributed by atoms with E-state index in [0.29, 0.717) is 40.3 Å². The highest BCUT2D eigenvalue weighted by Gasteiger charge is 2.18. The van der Waals surface area contributed by atoms with Gasteiger partial charge in [0.15, 0.2) is 11.5 Å². The van der Waals surface area contributed by atoms with Gasteiger partial charge in [-0.1, -0.05) is 35.3 Å². The maximum absolute atomic E-state index is 12.3. The maximum atomic E-state index is 12.3. The van der Waals surface area contributed by atoms with Crippen molar-refractivity contribution in [2.75, 3.05) is 20.3 Å². The highest BCUT2D eigenvalue weighted by molar-refractivity contribution is 6.35. The van der Waals surface area contributed by atoms with Crippen molar-refractivity contribution >= 4 is 35.2 Å². The zero-order chi connectivity index (χ0) is 22.2. The first-order valence-corrected chi connectivity index (χ1v) is 10.5. The van der Waals surface area contributed by atoms with E-state index in [9.17, 15) is 10.1 Å². The van der Waals surface area contributed by atoms with Crippen LogP contribution in [0.1, 0.15) is 24.0 Å². The van der Waals surface area contributed by atoms with E-state index in [-0.39, 0.29) is 18.3 Å². The van der Waals surface area contributed by atoms with Crippen LogP contribution in [0.3, 0.4) is 0 Å². The third kappa shape index (κ3) is 6.38. The van der Waals surface area contributed by atoms with Crippen LogP contribution in [-0.4, -0.2) is 32.3 Å². The first-order chi connectivity index (χ1) is 15.0. The average molecular weight is 461 g/mol. The van der Waals surface area contributed by atoms with Gasteiger partial charge in [0.25, 0.3) is 5.91 Å². The maximum Gasteiger partial charge on any atom is 0.262 e. The van der Waals surface area contributed by atoms with Gasteiger partial charge < -0.3 is 19.5 Å². The predicted molar refractivity (Wildman–Crippen MR) is 119 cm³/mol. The molecule has 1 fully saturated rings. The number of halogens is 2. The Kier molecular flexibility index (Phi) is 8.19. The number of hydrogen-bond donors (Lipinski definition) is 1. The molecule has 1 aliphatic rings. The van der Waals surface area contributed by atoms with Crippen molar-refractivity contribution in [1.82, 2.24) is 5.32 Å². The first-order valence-electron chi connectivity index (χ1n) is 9.76. The minimum absolute atomic E-state index is 0.00154. The summed E-state index contributed by atoms with van der Waals surface area (Å²) in [6.45, 7) is 1.33. The fraction of sp³-hybridized carbons (Fsp3) is 0.304. The molecule has 3 rings (SSSR count). The van der Waals surface area contributed by atoms with Crippen molar-refractivity contribution in [3.8, 4) is 17.6 Å². The molecule has 0 spiro atoms. The van der Waals surface area contributed by atoms with Crippen LogP contribution in [0, 0.1) is 11.3 Å². The summed E-state index contributed by atoms with van der Waals surface area (Å²) in [5, 5.41) is 13.2. The van der Waals surface area contributed by atoms with E-state index < -0.39 is 5.91 Å². The van der Waals surface area contributed by atoms with E-state index in [1.54, 1.807) is 36.4 Å². The summed E-state index contributed by atoms with van der Waals surface area (Å²) in [4.78, 5) is 12.3. The molecular formula is C23H22Cl2N2O4. The Bertz CT molecular complexity index is 1010. The van der Waals surface area contributed by atoms with Crippen molar-refractivity contribution in [2.24, 2.45) is 0 Å². The molecule has 1 atom stereocenters. The fourth-order valence-corrected chi connectivity index (χ4v) is 3.57. The number of rotatable bonds is 8. The third-order valence-electron chi connectivity index (χ3n) is 4.78. The number of nitriles is 1. The number of nitrogens with zero attached hydrogens (tertiary/aromatic N) is 1. The second kappa shape index (κ2) is 11.1. The van der Waals surface area contributed by atoms with Gasteiger partial charge in [-0.05, 0) is 48.7 Å². The number of ether oxygens (including phenoxy) is 3. The van der Waals surface area contributed by atoms with Crippen LogP contribution in [0.5, 0.6) is 11.5 Å². The summed E-state index contributed by atoms with van der Waals surface area (Å²) in [7, 11) is 1.52. The molecule has 6 nitrogen and oxygen atoms in total. The zero-order valence-electron chi connectivity index (χ0n) is 17.0. The summed E-state index contributed by atoms with van der Waals surface area (Å²) in [6, 6.07) is 12.3. The van der Waals surface area contributed by atoms with Gasteiger partial charge in [-0.15, -0.1) is 0 Å². The number of carbonyl (C=O) groups excluding carboxylic acids is 1. The molecule has 0 aromatic heterocycles. The molecule has 1 aliphatic heterocycles. The predicted octanol–water partition coefficient (Wildman–Crippen LogP) is 4.78. The SMILES string of the molecule is COc1cc(/C=C(\C#N)C(=O)NC[C@@H]2CCCO2)ccc1OCc1ccc(Cl)cc1Cl. The van der Waals surface area contributed by atoms with E-state index in [2.05, 4.69) is 5.32 Å². The molecule has 31 heavy (non-hydrogen) atoms. The van der Waals surface area contributed by atoms with E-state index in [0.717, 1.165) is 18.4 Å². The van der Waals surface area contributed by atoms with Crippen LogP contribution in [-0.2, 0) is 16.1 Å². The fourth-order valence-electron chi connectivity index (χ4n) is 3.11. The van der Waals surface area contributed by atoms with E-state index in [1.807, 2.05) is 6.07 Å². The van der Waals surface area contributed by atoms with Gasteiger partial charge in [-0.25, -0.2) is 0 Å². The standard InChI is InChI=1S/C23H22Cl2N2O4/c1-29-22-10-15(9-17(12-26)23(28)27-13-19-3-2-8-30-19)4-7-21(22)31-14-16-5-6-18(24)11-20(16)25/h4-7,9-11,19H,2-3,8,13-14H2,1H3,(H,27,28)/b17-9+/t19-/m0/s1. The second-order valence-corrected chi connectivity index (χ2v) is 7.79. The van der Waals surface area contributed by atoms with Crippen LogP contribution >= 0.6 is 23.2 Å². The number of hydrogen-bond acceptors (Lipinski definition) is 5. The molecule has 1 N–H and O–H groups in total. The average Bonchev–Trinajstić information content (AvgIpc) is 3.29. The van der Waals surface area contributed by atoms with Crippen molar-refractivity contribution < 1.29 is 19.0 Å². The number of amides is 1. The molecule has 2 aromatic carbocycles. The molecule has 8 heteroatoms. The summed E-state index contributed by atoms with van der Waals surface area (Å²) in [5.41, 5.74) is 1.42. The number of methoxy groups -OCH3 is 1. The van der Waals surface area contributed by atoms with Crippen molar-refractivity contribution in [2.45, 2.75) is 25.6 Å². The lowest BCUT2D eigenvalue weighted by Crippen LogP contribution is -2.32. The normalized spacial score (nSPS) is 15.9. The Morgan fingerprint density at radius 2 is 2.13 bits per heavy atom. The van der Waals surface area contributed by atoms with Gasteiger partial charge >= 0.3 is 0 Å². The minimum Gasteiger partial charge on any atom is -0.493 e. The molecule has 0 unspecified atom stereocenters. The molecule has 2 aromatic rings. The lowest BCUT2D eigenvalue weighted by Gasteiger charge is -2.13. The summed E-state index contributed by atoms with van der Waals surface area (Å²) < 4.78 is 16.7. The number of benzene rings is 2. The molecule has 1 amide bonds. The van der Waals surface area contributed by atoms with E-state index in [1.165, 1.54) is 13.2 Å². The summed E-state index contributed by atoms with van der Waals surface area (Å²) in [5.74, 6) is 0.539. The monoisotopic (exact) mass is 460 g/mol. The van der Waals surface area contributed by atoms with Gasteiger partial charge in [0.1, 0.15) is 18.2 Å². The van der Waals surface area contributed by atoms with Gasteiger partial charge in [-0.2, -0.15) is 5.26 Å². The van der Waals surface area contributed by atoms with Crippen molar-refractivity contribution in [3.63, 3.8) is 0 Å². The van der Waals surface area contributed by atoms with Gasteiger partial charge in [0.05, 0.1) is 13.2 Å². The topological polar surface area (TPSA) is 80.6 Å². The molecule has 162 valence electrons. The lowest BCUT2D eigenvalue weighted by atomic mass is 10.1. The Morgan fingerprint density at radius 1 is 1.29 bits per heavy atom. The lowest BCUT2D eigenvalue weighted by molar-refractivity contribution is -0.117. The Balaban J connectivity index is 1.68. The largest absolute Gasteiger partial charge is 0.493 e. The van der Waals surface area contributed by atoms with Crippen molar-refractivity contribution in [1.29, 1.82) is 5.26 Å². The van der Waals surface area contributed by atoms with Gasteiger partial charge in [0.2, 0.25) is 0 Å². The van der Waals surface area contributed by atoms with Gasteiger partial charge in [-0.3, -0.25) is 4.79 Å². The van der Waals surface area contributed by atoms with E-state index in [4.69, 9.17) is 37.4 Å². The van der Waals surface area contributed by atoms with Crippen LogP contribution < -0.4 is 14.8 Å². The van der Waals surface area contributed by atoms with Crippen LogP contribution in [0.15, 0.2) is 42.0 Å². The van der Waals surface area contributed by atoms with Crippen molar-refractivity contribution in [3.05, 3.63) is 63.1 Å². The summed E-state index contributed by atoms with van der Waals surface area (Å²) in [6.07, 6.45) is 3.41. The second-order valence-electron chi connectivity index (χ2n) is 6.95. The van der Waals surface area contributed by atoms with E-state index >= 15 is 0 Å². The Hall–Kier alpha value is -2.72. The van der Waals surface area contributed by atoms with Crippen LogP contribution in [0.4, 0.5) is 0 Å². The Labute approximate surface area is 191 Å². The molecule has 1 heterocycles. The first kappa shape index (κ1) is 23.0. The van der Waals surface area contributed by atoms with Crippen LogP contribution in [0.2, 0.25) is 10.0 Å². The smallest absolute Gasteiger partial charge is 0.262 e. The highest BCUT2D eigenvalue weighted by Crippen LogP contribution is 2.31. The zero-order valence-corrected chi connectivity index (χ0v) is 18.5. The molecule has 0 saturated carbocycles. The Morgan fingerprint density at radius 3 is 2.81 bits per heavy atom. The number of carbonyl (C=O) groups is 1. The third-order valence-corrected chi connectivity index (χ3v) is 5.36. The highest BCUT2D eigenvalue weighted by atomic mass is 35.5.